The van der Waals surface area contributed by atoms with Crippen LogP contribution in [0, 0.1) is 0 Å². The van der Waals surface area contributed by atoms with Gasteiger partial charge in [-0.2, -0.15) is 0 Å². The van der Waals surface area contributed by atoms with Crippen molar-refractivity contribution in [1.82, 2.24) is 14.9 Å². The number of esters is 1. The van der Waals surface area contributed by atoms with Crippen LogP contribution in [0.5, 0.6) is 0 Å². The van der Waals surface area contributed by atoms with Crippen molar-refractivity contribution in [3.05, 3.63) is 18.2 Å². The Labute approximate surface area is 109 Å². The first-order chi connectivity index (χ1) is 8.72. The Kier molecular flexibility index (Phi) is 6.43. The minimum atomic E-state index is -0.171. The highest BCUT2D eigenvalue weighted by Crippen LogP contribution is 2.17. The molecule has 5 nitrogen and oxygen atoms in total. The van der Waals surface area contributed by atoms with Crippen LogP contribution in [0.2, 0.25) is 0 Å². The number of carbonyl (C=O) groups excluding carboxylic acids is 1. The zero-order valence-corrected chi connectivity index (χ0v) is 11.5. The van der Waals surface area contributed by atoms with E-state index < -0.39 is 0 Å². The maximum absolute atomic E-state index is 11.6. The number of imidazole rings is 1. The van der Waals surface area contributed by atoms with E-state index in [-0.39, 0.29) is 12.0 Å². The standard InChI is InChI=1S/C13H23N3O2/c1-4-7-15-11(8-13(17)18-6-3)12-9-14-10-16(12)5-2/h9-11,15H,4-8H2,1-3H3. The Morgan fingerprint density at radius 2 is 2.28 bits per heavy atom. The second kappa shape index (κ2) is 7.87. The van der Waals surface area contributed by atoms with Crippen molar-refractivity contribution in [2.45, 2.75) is 46.2 Å². The van der Waals surface area contributed by atoms with Crippen molar-refractivity contribution >= 4 is 5.97 Å². The van der Waals surface area contributed by atoms with E-state index in [0.29, 0.717) is 13.0 Å². The molecular weight excluding hydrogens is 230 g/mol. The molecule has 0 aliphatic rings. The number of hydrogen-bond donors (Lipinski definition) is 1. The fourth-order valence-electron chi connectivity index (χ4n) is 1.87. The lowest BCUT2D eigenvalue weighted by atomic mass is 10.1. The Balaban J connectivity index is 2.74. The van der Waals surface area contributed by atoms with E-state index in [4.69, 9.17) is 4.74 Å². The molecular formula is C13H23N3O2. The van der Waals surface area contributed by atoms with E-state index in [1.165, 1.54) is 0 Å². The Bertz CT molecular complexity index is 363. The first-order valence-electron chi connectivity index (χ1n) is 6.61. The Hall–Kier alpha value is -1.36. The average Bonchev–Trinajstić information content (AvgIpc) is 2.82. The summed E-state index contributed by atoms with van der Waals surface area (Å²) in [4.78, 5) is 15.8. The van der Waals surface area contributed by atoms with E-state index in [9.17, 15) is 4.79 Å². The van der Waals surface area contributed by atoms with E-state index in [1.807, 2.05) is 17.7 Å². The van der Waals surface area contributed by atoms with Gasteiger partial charge in [0.15, 0.2) is 0 Å². The number of aromatic nitrogens is 2. The minimum absolute atomic E-state index is 0.0218. The summed E-state index contributed by atoms with van der Waals surface area (Å²) in [6.45, 7) is 8.13. The molecule has 0 radical (unpaired) electrons. The molecule has 1 atom stereocenters. The molecule has 0 spiro atoms. The molecule has 102 valence electrons. The molecule has 1 aromatic heterocycles. The summed E-state index contributed by atoms with van der Waals surface area (Å²) in [7, 11) is 0. The van der Waals surface area contributed by atoms with Crippen molar-refractivity contribution in [2.24, 2.45) is 0 Å². The van der Waals surface area contributed by atoms with Crippen molar-refractivity contribution in [1.29, 1.82) is 0 Å². The second-order valence-corrected chi connectivity index (χ2v) is 4.12. The number of rotatable bonds is 8. The van der Waals surface area contributed by atoms with Gasteiger partial charge >= 0.3 is 5.97 Å². The van der Waals surface area contributed by atoms with Crippen LogP contribution < -0.4 is 5.32 Å². The molecule has 5 heteroatoms. The molecule has 0 bridgehead atoms. The summed E-state index contributed by atoms with van der Waals surface area (Å²) in [5, 5.41) is 3.37. The summed E-state index contributed by atoms with van der Waals surface area (Å²) >= 11 is 0. The van der Waals surface area contributed by atoms with Crippen molar-refractivity contribution < 1.29 is 9.53 Å². The highest BCUT2D eigenvalue weighted by Gasteiger charge is 2.19. The van der Waals surface area contributed by atoms with Crippen LogP contribution >= 0.6 is 0 Å². The lowest BCUT2D eigenvalue weighted by Gasteiger charge is -2.19. The third-order valence-corrected chi connectivity index (χ3v) is 2.76. The Morgan fingerprint density at radius 3 is 2.89 bits per heavy atom. The molecule has 1 unspecified atom stereocenters. The molecule has 1 rings (SSSR count). The molecule has 0 fully saturated rings. The van der Waals surface area contributed by atoms with Crippen LogP contribution in [0.3, 0.4) is 0 Å². The van der Waals surface area contributed by atoms with Gasteiger partial charge in [0, 0.05) is 12.7 Å². The predicted octanol–water partition coefficient (Wildman–Crippen LogP) is 1.90. The number of ether oxygens (including phenoxy) is 1. The molecule has 1 heterocycles. The van der Waals surface area contributed by atoms with Gasteiger partial charge in [-0.1, -0.05) is 6.92 Å². The predicted molar refractivity (Wildman–Crippen MR) is 70.2 cm³/mol. The highest BCUT2D eigenvalue weighted by atomic mass is 16.5. The van der Waals surface area contributed by atoms with Gasteiger partial charge < -0.3 is 14.6 Å². The minimum Gasteiger partial charge on any atom is -0.466 e. The van der Waals surface area contributed by atoms with Gasteiger partial charge in [0.1, 0.15) is 0 Å². The molecule has 1 aromatic rings. The summed E-state index contributed by atoms with van der Waals surface area (Å²) in [6, 6.07) is -0.0218. The van der Waals surface area contributed by atoms with Gasteiger partial charge in [-0.15, -0.1) is 0 Å². The van der Waals surface area contributed by atoms with E-state index in [1.54, 1.807) is 6.33 Å². The summed E-state index contributed by atoms with van der Waals surface area (Å²) < 4.78 is 7.06. The molecule has 0 saturated heterocycles. The van der Waals surface area contributed by atoms with Crippen LogP contribution in [0.25, 0.3) is 0 Å². The van der Waals surface area contributed by atoms with Crippen molar-refractivity contribution in [3.63, 3.8) is 0 Å². The third-order valence-electron chi connectivity index (χ3n) is 2.76. The number of nitrogens with zero attached hydrogens (tertiary/aromatic N) is 2. The van der Waals surface area contributed by atoms with Gasteiger partial charge in [0.05, 0.1) is 31.1 Å². The van der Waals surface area contributed by atoms with Crippen LogP contribution in [0.1, 0.15) is 45.3 Å². The lowest BCUT2D eigenvalue weighted by Crippen LogP contribution is -2.27. The number of hydrogen-bond acceptors (Lipinski definition) is 4. The maximum Gasteiger partial charge on any atom is 0.307 e. The quantitative estimate of drug-likeness (QED) is 0.719. The molecule has 0 aromatic carbocycles. The first kappa shape index (κ1) is 14.7. The van der Waals surface area contributed by atoms with Crippen LogP contribution in [-0.2, 0) is 16.1 Å². The molecule has 0 aliphatic carbocycles. The topological polar surface area (TPSA) is 56.1 Å². The summed E-state index contributed by atoms with van der Waals surface area (Å²) in [5.74, 6) is -0.171. The Morgan fingerprint density at radius 1 is 1.50 bits per heavy atom. The fourth-order valence-corrected chi connectivity index (χ4v) is 1.87. The van der Waals surface area contributed by atoms with Crippen molar-refractivity contribution in [3.8, 4) is 0 Å². The van der Waals surface area contributed by atoms with Crippen LogP contribution in [0.15, 0.2) is 12.5 Å². The molecule has 0 aliphatic heterocycles. The van der Waals surface area contributed by atoms with Crippen LogP contribution in [-0.4, -0.2) is 28.7 Å². The number of aryl methyl sites for hydroxylation is 1. The molecule has 0 saturated carbocycles. The first-order valence-corrected chi connectivity index (χ1v) is 6.61. The SMILES string of the molecule is CCCNC(CC(=O)OCC)c1cncn1CC. The van der Waals surface area contributed by atoms with Gasteiger partial charge in [-0.3, -0.25) is 4.79 Å². The summed E-state index contributed by atoms with van der Waals surface area (Å²) in [6.07, 6.45) is 4.98. The van der Waals surface area contributed by atoms with Gasteiger partial charge in [0.2, 0.25) is 0 Å². The normalized spacial score (nSPS) is 12.4. The van der Waals surface area contributed by atoms with Crippen LogP contribution in [0.4, 0.5) is 0 Å². The van der Waals surface area contributed by atoms with E-state index in [0.717, 1.165) is 25.2 Å². The third kappa shape index (κ3) is 4.14. The smallest absolute Gasteiger partial charge is 0.307 e. The second-order valence-electron chi connectivity index (χ2n) is 4.12. The number of carbonyl (C=O) groups is 1. The molecule has 18 heavy (non-hydrogen) atoms. The molecule has 0 amide bonds. The number of nitrogens with one attached hydrogen (secondary N) is 1. The van der Waals surface area contributed by atoms with E-state index in [2.05, 4.69) is 24.1 Å². The fraction of sp³-hybridized carbons (Fsp3) is 0.692. The van der Waals surface area contributed by atoms with Crippen molar-refractivity contribution in [2.75, 3.05) is 13.2 Å². The lowest BCUT2D eigenvalue weighted by molar-refractivity contribution is -0.143. The zero-order chi connectivity index (χ0) is 13.4. The molecule has 1 N–H and O–H groups in total. The monoisotopic (exact) mass is 253 g/mol. The van der Waals surface area contributed by atoms with Gasteiger partial charge in [-0.05, 0) is 26.8 Å². The highest BCUT2D eigenvalue weighted by molar-refractivity contribution is 5.70. The zero-order valence-electron chi connectivity index (χ0n) is 11.5. The van der Waals surface area contributed by atoms with Gasteiger partial charge in [0.25, 0.3) is 0 Å². The average molecular weight is 253 g/mol. The van der Waals surface area contributed by atoms with E-state index >= 15 is 0 Å². The summed E-state index contributed by atoms with van der Waals surface area (Å²) in [5.41, 5.74) is 1.04. The van der Waals surface area contributed by atoms with Gasteiger partial charge in [-0.25, -0.2) is 4.98 Å². The maximum atomic E-state index is 11.6. The largest absolute Gasteiger partial charge is 0.466 e.